The van der Waals surface area contributed by atoms with E-state index in [2.05, 4.69) is 19.1 Å². The predicted molar refractivity (Wildman–Crippen MR) is 241 cm³/mol. The van der Waals surface area contributed by atoms with E-state index in [0.29, 0.717) is 25.7 Å². The van der Waals surface area contributed by atoms with Gasteiger partial charge in [0.25, 0.3) is 0 Å². The molecule has 0 spiro atoms. The number of phosphoric acid groups is 2. The SMILES string of the molecule is CCCCCC/C=C\CCCCCCCC(=O)O[C@@H]1COC(=O)CCC/C=C\C[C@H]2/C=C\C(=O)[C@H](/C=C/[C@@H](O)CCCCC)[C@@H](O)[C@@H](OP(=O)(O)O)[C@@H](OP(=O)(O)OC1)[C@H](O)[C@@H](O)[C@@H]2O. The summed E-state index contributed by atoms with van der Waals surface area (Å²) in [7, 11) is -11.4. The first-order valence-electron chi connectivity index (χ1n) is 23.2. The molecule has 65 heavy (non-hydrogen) atoms. The maximum Gasteiger partial charge on any atom is 0.472 e. The van der Waals surface area contributed by atoms with Crippen LogP contribution in [0.3, 0.4) is 0 Å². The second-order valence-corrected chi connectivity index (χ2v) is 19.4. The van der Waals surface area contributed by atoms with Crippen molar-refractivity contribution in [2.75, 3.05) is 13.2 Å². The normalized spacial score (nSPS) is 30.9. The second-order valence-electron chi connectivity index (χ2n) is 16.8. The van der Waals surface area contributed by atoms with Gasteiger partial charge in [-0.2, -0.15) is 0 Å². The molecule has 11 atom stereocenters. The molecule has 1 aliphatic carbocycles. The number of carbonyl (C=O) groups excluding carboxylic acids is 3. The summed E-state index contributed by atoms with van der Waals surface area (Å²) in [6, 6.07) is 0. The molecule has 2 bridgehead atoms. The smallest absolute Gasteiger partial charge is 0.462 e. The first-order valence-corrected chi connectivity index (χ1v) is 26.3. The molecule has 1 unspecified atom stereocenters. The molecule has 20 heteroatoms. The number of hydrogen-bond donors (Lipinski definition) is 8. The van der Waals surface area contributed by atoms with E-state index in [0.717, 1.165) is 63.5 Å². The Kier molecular flexibility index (Phi) is 29.2. The number of unbranched alkanes of at least 4 members (excludes halogenated alkanes) is 11. The number of aliphatic hydroxyl groups is 5. The van der Waals surface area contributed by atoms with Crippen LogP contribution in [0.15, 0.2) is 48.6 Å². The molecule has 1 heterocycles. The van der Waals surface area contributed by atoms with Gasteiger partial charge in [-0.3, -0.25) is 28.0 Å². The molecule has 1 aliphatic heterocycles. The molecular formula is C45H76O18P2. The summed E-state index contributed by atoms with van der Waals surface area (Å²) in [6.45, 7) is 2.56. The molecule has 0 fully saturated rings. The standard InChI is InChI=1S/C45H76O18P2/c1-3-5-7-8-9-10-11-12-13-14-15-16-22-26-39(49)61-35-31-59-38(48)25-21-18-17-20-23-33-27-30-37(47)36(29-28-34(46)24-19-6-4-2)41(51)44(62-64(54,55)56)45(43(53)42(52)40(33)50)63-65(57,58)60-32-35/h10-11,17,20,27-30,33-36,40-46,50-53H,3-9,12-16,18-19,21-26,31-32H2,1-2H3,(H,57,58)(H2,54,55,56)/b11-10-,20-17-,29-28+,30-27-/t33-,34-,35+,36-,40+,41+,42-,43+,44+,45-/m0/s1. The number of carbonyl (C=O) groups is 3. The minimum absolute atomic E-state index is 0.0323. The van der Waals surface area contributed by atoms with Gasteiger partial charge in [0.15, 0.2) is 11.9 Å². The van der Waals surface area contributed by atoms with Crippen molar-refractivity contribution in [2.45, 2.75) is 191 Å². The number of ketones is 1. The van der Waals surface area contributed by atoms with Crippen molar-refractivity contribution in [2.24, 2.45) is 11.8 Å². The Balaban J connectivity index is 2.40. The predicted octanol–water partition coefficient (Wildman–Crippen LogP) is 6.12. The minimum Gasteiger partial charge on any atom is -0.462 e. The van der Waals surface area contributed by atoms with Crippen molar-refractivity contribution < 1.29 is 86.8 Å². The van der Waals surface area contributed by atoms with Crippen molar-refractivity contribution >= 4 is 33.4 Å². The highest BCUT2D eigenvalue weighted by Gasteiger charge is 2.50. The fourth-order valence-corrected chi connectivity index (χ4v) is 8.86. The highest BCUT2D eigenvalue weighted by Crippen LogP contribution is 2.49. The number of rotatable bonds is 22. The lowest BCUT2D eigenvalue weighted by molar-refractivity contribution is -0.163. The summed E-state index contributed by atoms with van der Waals surface area (Å²) < 4.78 is 52.0. The van der Waals surface area contributed by atoms with Crippen LogP contribution in [0, 0.1) is 11.8 Å². The topological polar surface area (TPSA) is 293 Å². The van der Waals surface area contributed by atoms with E-state index in [4.69, 9.17) is 23.0 Å². The van der Waals surface area contributed by atoms with Gasteiger partial charge in [-0.25, -0.2) is 9.13 Å². The fourth-order valence-electron chi connectivity index (χ4n) is 7.33. The number of aliphatic hydroxyl groups excluding tert-OH is 5. The zero-order valence-corrected chi connectivity index (χ0v) is 39.8. The summed E-state index contributed by atoms with van der Waals surface area (Å²) in [5.41, 5.74) is 0. The summed E-state index contributed by atoms with van der Waals surface area (Å²) in [6.07, 6.45) is 8.80. The Labute approximate surface area is 384 Å². The minimum atomic E-state index is -5.75. The summed E-state index contributed by atoms with van der Waals surface area (Å²) in [4.78, 5) is 70.3. The van der Waals surface area contributed by atoms with Crippen molar-refractivity contribution in [3.05, 3.63) is 48.6 Å². The molecule has 0 saturated heterocycles. The summed E-state index contributed by atoms with van der Waals surface area (Å²) >= 11 is 0. The third kappa shape index (κ3) is 25.0. The first-order chi connectivity index (χ1) is 30.9. The number of hydrogen-bond acceptors (Lipinski definition) is 15. The second kappa shape index (κ2) is 32.4. The van der Waals surface area contributed by atoms with E-state index in [9.17, 15) is 63.7 Å². The molecule has 0 aromatic heterocycles. The highest BCUT2D eigenvalue weighted by atomic mass is 31.2. The molecule has 2 rings (SSSR count). The average Bonchev–Trinajstić information content (AvgIpc) is 3.25. The van der Waals surface area contributed by atoms with E-state index in [-0.39, 0.29) is 25.7 Å². The largest absolute Gasteiger partial charge is 0.472 e. The highest BCUT2D eigenvalue weighted by molar-refractivity contribution is 7.47. The summed E-state index contributed by atoms with van der Waals surface area (Å²) in [5, 5.41) is 56.5. The number of allylic oxidation sites excluding steroid dienone is 5. The Bertz CT molecular complexity index is 1600. The van der Waals surface area contributed by atoms with Gasteiger partial charge in [0.05, 0.1) is 30.8 Å². The van der Waals surface area contributed by atoms with Crippen molar-refractivity contribution in [3.63, 3.8) is 0 Å². The molecule has 2 aliphatic rings. The van der Waals surface area contributed by atoms with Gasteiger partial charge in [-0.1, -0.05) is 114 Å². The zero-order chi connectivity index (χ0) is 48.3. The fraction of sp³-hybridized carbons (Fsp3) is 0.756. The quantitative estimate of drug-likeness (QED) is 0.0262. The molecule has 0 aromatic rings. The maximum atomic E-state index is 13.8. The number of ether oxygens (including phenoxy) is 2. The maximum absolute atomic E-state index is 13.8. The van der Waals surface area contributed by atoms with Crippen LogP contribution < -0.4 is 0 Å². The van der Waals surface area contributed by atoms with Crippen molar-refractivity contribution in [1.29, 1.82) is 0 Å². The van der Waals surface area contributed by atoms with Gasteiger partial charge in [0.2, 0.25) is 0 Å². The van der Waals surface area contributed by atoms with Crippen LogP contribution >= 0.6 is 15.6 Å². The van der Waals surface area contributed by atoms with Crippen LogP contribution in [0.5, 0.6) is 0 Å². The van der Waals surface area contributed by atoms with Gasteiger partial charge in [-0.15, -0.1) is 0 Å². The van der Waals surface area contributed by atoms with Gasteiger partial charge in [0, 0.05) is 18.8 Å². The van der Waals surface area contributed by atoms with Crippen molar-refractivity contribution in [3.8, 4) is 0 Å². The lowest BCUT2D eigenvalue weighted by atomic mass is 9.87. The monoisotopic (exact) mass is 966 g/mol. The van der Waals surface area contributed by atoms with Crippen LogP contribution in [0.4, 0.5) is 0 Å². The van der Waals surface area contributed by atoms with Crippen LogP contribution in [0.2, 0.25) is 0 Å². The van der Waals surface area contributed by atoms with Crippen LogP contribution in [-0.2, 0) is 46.6 Å². The van der Waals surface area contributed by atoms with Gasteiger partial charge < -0.3 is 49.7 Å². The van der Waals surface area contributed by atoms with Gasteiger partial charge in [-0.05, 0) is 63.9 Å². The Hall–Kier alpha value is -2.41. The molecule has 0 radical (unpaired) electrons. The number of cyclic esters (lactones) is 1. The average molecular weight is 967 g/mol. The van der Waals surface area contributed by atoms with Gasteiger partial charge in [0.1, 0.15) is 31.0 Å². The van der Waals surface area contributed by atoms with Crippen LogP contribution in [-0.4, -0.2) is 120 Å². The lowest BCUT2D eigenvalue weighted by Gasteiger charge is -2.38. The zero-order valence-electron chi connectivity index (χ0n) is 38.0. The number of phosphoric ester groups is 2. The molecule has 18 nitrogen and oxygen atoms in total. The van der Waals surface area contributed by atoms with Gasteiger partial charge >= 0.3 is 27.6 Å². The number of esters is 2. The lowest BCUT2D eigenvalue weighted by Crippen LogP contribution is -2.56. The molecule has 0 saturated carbocycles. The first kappa shape index (κ1) is 58.7. The Morgan fingerprint density at radius 3 is 2.20 bits per heavy atom. The summed E-state index contributed by atoms with van der Waals surface area (Å²) in [5.74, 6) is -5.32. The Morgan fingerprint density at radius 1 is 0.877 bits per heavy atom. The third-order valence-electron chi connectivity index (χ3n) is 11.1. The van der Waals surface area contributed by atoms with E-state index < -0.39 is 107 Å². The van der Waals surface area contributed by atoms with E-state index in [1.807, 2.05) is 6.92 Å². The van der Waals surface area contributed by atoms with E-state index in [1.165, 1.54) is 37.8 Å². The van der Waals surface area contributed by atoms with Crippen molar-refractivity contribution in [1.82, 2.24) is 0 Å². The molecular weight excluding hydrogens is 890 g/mol. The third-order valence-corrected chi connectivity index (χ3v) is 12.6. The molecule has 0 amide bonds. The molecule has 374 valence electrons. The Morgan fingerprint density at radius 2 is 1.52 bits per heavy atom. The van der Waals surface area contributed by atoms with E-state index >= 15 is 0 Å². The van der Waals surface area contributed by atoms with Crippen LogP contribution in [0.25, 0.3) is 0 Å². The van der Waals surface area contributed by atoms with E-state index in [1.54, 1.807) is 12.2 Å². The molecule has 8 N–H and O–H groups in total. The number of fused-ring (bicyclic) bond motifs is 4. The molecule has 0 aromatic carbocycles. The van der Waals surface area contributed by atoms with Crippen LogP contribution in [0.1, 0.15) is 142 Å².